The molecule has 2 saturated heterocycles. The number of carboxylic acids is 1. The molecule has 0 aliphatic carbocycles. The minimum Gasteiger partial charge on any atom is -0.480 e. The van der Waals surface area contributed by atoms with Crippen molar-refractivity contribution in [2.75, 3.05) is 32.7 Å². The Labute approximate surface area is 286 Å². The number of likely N-dealkylation sites (tertiary alicyclic amines) is 2. The van der Waals surface area contributed by atoms with E-state index in [0.29, 0.717) is 17.8 Å². The molecule has 7 heteroatoms. The van der Waals surface area contributed by atoms with E-state index in [-0.39, 0.29) is 5.92 Å². The Morgan fingerprint density at radius 3 is 2.33 bits per heavy atom. The molecule has 1 N–H and O–H groups in total. The lowest BCUT2D eigenvalue weighted by atomic mass is 9.86. The Kier molecular flexibility index (Phi) is 11.0. The first-order valence-corrected chi connectivity index (χ1v) is 18.0. The molecule has 0 unspecified atom stereocenters. The van der Waals surface area contributed by atoms with Crippen LogP contribution in [0.4, 0.5) is 0 Å². The van der Waals surface area contributed by atoms with Crippen LogP contribution in [0.25, 0.3) is 0 Å². The van der Waals surface area contributed by atoms with Gasteiger partial charge in [-0.1, -0.05) is 80.4 Å². The molecule has 3 aromatic carbocycles. The predicted octanol–water partition coefficient (Wildman–Crippen LogP) is 7.99. The highest BCUT2D eigenvalue weighted by molar-refractivity contribution is 5.74. The molecule has 0 spiro atoms. The molecule has 4 atom stereocenters. The Balaban J connectivity index is 1.09. The molecule has 2 aliphatic heterocycles. The number of carboxylic acid groups (broad SMARTS) is 1. The van der Waals surface area contributed by atoms with Gasteiger partial charge in [-0.25, -0.2) is 0 Å². The van der Waals surface area contributed by atoms with Crippen LogP contribution in [-0.2, 0) is 17.8 Å². The van der Waals surface area contributed by atoms with E-state index in [9.17, 15) is 9.90 Å². The van der Waals surface area contributed by atoms with Crippen molar-refractivity contribution in [1.82, 2.24) is 19.6 Å². The van der Waals surface area contributed by atoms with E-state index in [1.807, 2.05) is 42.5 Å². The Bertz CT molecular complexity index is 1630. The summed E-state index contributed by atoms with van der Waals surface area (Å²) >= 11 is 0. The van der Waals surface area contributed by atoms with Crippen molar-refractivity contribution in [1.29, 1.82) is 0 Å². The lowest BCUT2D eigenvalue weighted by Crippen LogP contribution is -2.45. The van der Waals surface area contributed by atoms with Crippen LogP contribution >= 0.6 is 0 Å². The van der Waals surface area contributed by atoms with Gasteiger partial charge in [0, 0.05) is 50.1 Å². The van der Waals surface area contributed by atoms with Crippen molar-refractivity contribution in [3.63, 3.8) is 0 Å². The van der Waals surface area contributed by atoms with Crippen LogP contribution in [0.5, 0.6) is 11.5 Å². The second-order valence-corrected chi connectivity index (χ2v) is 14.1. The largest absolute Gasteiger partial charge is 0.480 e. The summed E-state index contributed by atoms with van der Waals surface area (Å²) < 4.78 is 8.19. The predicted molar refractivity (Wildman–Crippen MR) is 192 cm³/mol. The van der Waals surface area contributed by atoms with Gasteiger partial charge in [-0.3, -0.25) is 14.4 Å². The topological polar surface area (TPSA) is 70.8 Å². The first kappa shape index (κ1) is 33.9. The molecule has 2 aliphatic rings. The number of para-hydroxylation sites is 1. The number of benzene rings is 3. The summed E-state index contributed by atoms with van der Waals surface area (Å²) in [4.78, 5) is 17.3. The minimum absolute atomic E-state index is 0.122. The van der Waals surface area contributed by atoms with Gasteiger partial charge in [0.25, 0.3) is 0 Å². The Hall–Kier alpha value is -3.94. The van der Waals surface area contributed by atoms with E-state index in [4.69, 9.17) is 9.84 Å². The summed E-state index contributed by atoms with van der Waals surface area (Å²) in [6.07, 6.45) is 3.91. The fourth-order valence-electron chi connectivity index (χ4n) is 7.99. The van der Waals surface area contributed by atoms with Gasteiger partial charge in [-0.05, 0) is 93.1 Å². The van der Waals surface area contributed by atoms with Crippen molar-refractivity contribution in [2.24, 2.45) is 11.8 Å². The van der Waals surface area contributed by atoms with Crippen LogP contribution in [0.3, 0.4) is 0 Å². The molecule has 0 radical (unpaired) electrons. The first-order chi connectivity index (χ1) is 23.3. The fraction of sp³-hybridized carbons (Fsp3) is 0.463. The molecule has 48 heavy (non-hydrogen) atoms. The normalized spacial score (nSPS) is 20.5. The van der Waals surface area contributed by atoms with E-state index < -0.39 is 12.0 Å². The molecule has 3 heterocycles. The molecule has 0 bridgehead atoms. The fourth-order valence-corrected chi connectivity index (χ4v) is 7.99. The van der Waals surface area contributed by atoms with E-state index >= 15 is 0 Å². The molecule has 0 saturated carbocycles. The van der Waals surface area contributed by atoms with Gasteiger partial charge in [-0.2, -0.15) is 5.10 Å². The van der Waals surface area contributed by atoms with Gasteiger partial charge in [0.15, 0.2) is 0 Å². The van der Waals surface area contributed by atoms with Crippen molar-refractivity contribution >= 4 is 5.97 Å². The average Bonchev–Trinajstić information content (AvgIpc) is 3.70. The van der Waals surface area contributed by atoms with Gasteiger partial charge in [0.2, 0.25) is 0 Å². The molecule has 2 fully saturated rings. The monoisotopic (exact) mass is 648 g/mol. The highest BCUT2D eigenvalue weighted by Gasteiger charge is 2.42. The van der Waals surface area contributed by atoms with Crippen LogP contribution in [-0.4, -0.2) is 69.4 Å². The maximum absolute atomic E-state index is 12.4. The van der Waals surface area contributed by atoms with Crippen molar-refractivity contribution in [3.8, 4) is 11.5 Å². The number of aromatic nitrogens is 2. The summed E-state index contributed by atoms with van der Waals surface area (Å²) in [6, 6.07) is 29.0. The number of aryl methyl sites for hydroxylation is 2. The number of nitrogens with zero attached hydrogens (tertiary/aromatic N) is 4. The minimum atomic E-state index is -0.685. The SMILES string of the molecule is CC[C@@H](C)[C@H](C(=O)O)N1C[C@H](CN2CCC(c3cc(Cc4ccc(Oc5ccccc5)cc4)nn3CC)CC2)[C@@H](c2cccc(C)c2)C1. The maximum Gasteiger partial charge on any atom is 0.321 e. The molecular formula is C41H52N4O3. The molecule has 7 nitrogen and oxygen atoms in total. The first-order valence-electron chi connectivity index (χ1n) is 18.0. The van der Waals surface area contributed by atoms with Crippen LogP contribution in [0.15, 0.2) is 84.9 Å². The summed E-state index contributed by atoms with van der Waals surface area (Å²) in [7, 11) is 0. The molecule has 254 valence electrons. The van der Waals surface area contributed by atoms with Crippen molar-refractivity contribution in [3.05, 3.63) is 113 Å². The van der Waals surface area contributed by atoms with Crippen LogP contribution in [0.2, 0.25) is 0 Å². The van der Waals surface area contributed by atoms with Gasteiger partial charge < -0.3 is 14.7 Å². The lowest BCUT2D eigenvalue weighted by molar-refractivity contribution is -0.145. The number of ether oxygens (including phenoxy) is 1. The van der Waals surface area contributed by atoms with E-state index in [1.165, 1.54) is 22.4 Å². The number of piperidine rings is 1. The van der Waals surface area contributed by atoms with E-state index in [0.717, 1.165) is 82.1 Å². The summed E-state index contributed by atoms with van der Waals surface area (Å²) in [5, 5.41) is 15.2. The second-order valence-electron chi connectivity index (χ2n) is 14.1. The zero-order valence-corrected chi connectivity index (χ0v) is 29.1. The standard InChI is InChI=1S/C41H52N4O3/c1-5-30(4)40(41(46)47)44-27-34(38(28-44)33-12-10-11-29(3)23-33)26-43-21-19-32(20-22-43)39-25-35(42-45(39)6-2)24-31-15-17-37(18-16-31)48-36-13-8-7-9-14-36/h7-18,23,25,30,32,34,38,40H,5-6,19-22,24,26-28H2,1-4H3,(H,46,47)/t30-,34+,38-,40-/m1/s1. The molecular weight excluding hydrogens is 596 g/mol. The zero-order valence-electron chi connectivity index (χ0n) is 29.1. The Morgan fingerprint density at radius 2 is 1.67 bits per heavy atom. The van der Waals surface area contributed by atoms with Crippen LogP contribution < -0.4 is 4.74 Å². The molecule has 6 rings (SSSR count). The quantitative estimate of drug-likeness (QED) is 0.159. The molecule has 1 aromatic heterocycles. The van der Waals surface area contributed by atoms with Gasteiger partial charge in [0.1, 0.15) is 17.5 Å². The second kappa shape index (κ2) is 15.5. The number of rotatable bonds is 13. The maximum atomic E-state index is 12.4. The summed E-state index contributed by atoms with van der Waals surface area (Å²) in [5.74, 6) is 2.37. The van der Waals surface area contributed by atoms with Gasteiger partial charge in [-0.15, -0.1) is 0 Å². The molecule has 4 aromatic rings. The van der Waals surface area contributed by atoms with Crippen molar-refractivity contribution in [2.45, 2.75) is 77.8 Å². The van der Waals surface area contributed by atoms with E-state index in [1.54, 1.807) is 0 Å². The highest BCUT2D eigenvalue weighted by Crippen LogP contribution is 2.38. The number of hydrogen-bond donors (Lipinski definition) is 1. The van der Waals surface area contributed by atoms with Gasteiger partial charge >= 0.3 is 5.97 Å². The van der Waals surface area contributed by atoms with Crippen LogP contribution in [0.1, 0.15) is 79.9 Å². The lowest BCUT2D eigenvalue weighted by Gasteiger charge is -2.35. The summed E-state index contributed by atoms with van der Waals surface area (Å²) in [6.45, 7) is 14.2. The number of carbonyl (C=O) groups is 1. The van der Waals surface area contributed by atoms with Gasteiger partial charge in [0.05, 0.1) is 5.69 Å². The summed E-state index contributed by atoms with van der Waals surface area (Å²) in [5.41, 5.74) is 6.32. The van der Waals surface area contributed by atoms with Crippen LogP contribution in [0, 0.1) is 18.8 Å². The smallest absolute Gasteiger partial charge is 0.321 e. The van der Waals surface area contributed by atoms with Crippen molar-refractivity contribution < 1.29 is 14.6 Å². The third-order valence-corrected chi connectivity index (χ3v) is 10.7. The average molecular weight is 649 g/mol. The zero-order chi connectivity index (χ0) is 33.6. The van der Waals surface area contributed by atoms with E-state index in [2.05, 4.69) is 84.6 Å². The molecule has 0 amide bonds. The Morgan fingerprint density at radius 1 is 0.938 bits per heavy atom. The number of hydrogen-bond acceptors (Lipinski definition) is 5. The third-order valence-electron chi connectivity index (χ3n) is 10.7. The number of aliphatic carboxylic acids is 1. The third kappa shape index (κ3) is 8.01. The highest BCUT2D eigenvalue weighted by atomic mass is 16.5.